The maximum atomic E-state index is 11.7. The van der Waals surface area contributed by atoms with Crippen molar-refractivity contribution in [3.05, 3.63) is 63.7 Å². The minimum Gasteiger partial charge on any atom is -0.497 e. The number of carbonyl (C=O) groups is 1. The summed E-state index contributed by atoms with van der Waals surface area (Å²) in [5.41, 5.74) is 8.76. The molecular weight excluding hydrogens is 412 g/mol. The van der Waals surface area contributed by atoms with Gasteiger partial charge in [0.1, 0.15) is 11.4 Å². The normalized spacial score (nSPS) is 21.4. The number of carbonyl (C=O) groups excluding carboxylic acids is 1. The van der Waals surface area contributed by atoms with Crippen molar-refractivity contribution in [2.75, 3.05) is 32.2 Å². The van der Waals surface area contributed by atoms with Gasteiger partial charge in [-0.05, 0) is 55.0 Å². The van der Waals surface area contributed by atoms with Crippen LogP contribution in [0.15, 0.2) is 42.5 Å². The standard InChI is InChI=1S/C23H28N4O5/c1-31-18-6-3-15(4-7-18)19-14-20(25-24-19)16-9-11-26(12-10-16)21-8-5-17(23(28)32-2)13-22(21)27(29)30/h3-8,13,16,19-20,24-25H,9-12,14H2,1-2H3. The minimum atomic E-state index is -0.579. The van der Waals surface area contributed by atoms with Gasteiger partial charge in [0.15, 0.2) is 0 Å². The van der Waals surface area contributed by atoms with E-state index in [0.717, 1.165) is 38.1 Å². The van der Waals surface area contributed by atoms with E-state index in [-0.39, 0.29) is 17.3 Å². The largest absolute Gasteiger partial charge is 0.497 e. The van der Waals surface area contributed by atoms with E-state index in [1.54, 1.807) is 19.2 Å². The summed E-state index contributed by atoms with van der Waals surface area (Å²) >= 11 is 0. The van der Waals surface area contributed by atoms with Crippen LogP contribution < -0.4 is 20.5 Å². The first kappa shape index (κ1) is 22.0. The van der Waals surface area contributed by atoms with E-state index in [9.17, 15) is 14.9 Å². The molecule has 0 radical (unpaired) electrons. The van der Waals surface area contributed by atoms with Gasteiger partial charge < -0.3 is 14.4 Å². The summed E-state index contributed by atoms with van der Waals surface area (Å²) < 4.78 is 9.92. The molecule has 2 aliphatic rings. The molecule has 0 aromatic heterocycles. The SMILES string of the molecule is COC(=O)c1ccc(N2CCC(C3CC(c4ccc(OC)cc4)NN3)CC2)c([N+](=O)[O-])c1. The zero-order chi connectivity index (χ0) is 22.7. The highest BCUT2D eigenvalue weighted by molar-refractivity contribution is 5.91. The number of nitrogens with one attached hydrogen (secondary N) is 2. The third kappa shape index (κ3) is 4.53. The fourth-order valence-electron chi connectivity index (χ4n) is 4.67. The van der Waals surface area contributed by atoms with E-state index < -0.39 is 10.9 Å². The zero-order valence-corrected chi connectivity index (χ0v) is 18.2. The van der Waals surface area contributed by atoms with Crippen LogP contribution in [-0.4, -0.2) is 44.2 Å². The first-order valence-electron chi connectivity index (χ1n) is 10.8. The highest BCUT2D eigenvalue weighted by atomic mass is 16.6. The Bertz CT molecular complexity index is 973. The Morgan fingerprint density at radius 2 is 1.81 bits per heavy atom. The topological polar surface area (TPSA) is 106 Å². The first-order chi connectivity index (χ1) is 15.5. The van der Waals surface area contributed by atoms with Crippen LogP contribution in [0.1, 0.15) is 41.2 Å². The number of nitro groups is 1. The molecule has 0 saturated carbocycles. The molecule has 2 aliphatic heterocycles. The van der Waals surface area contributed by atoms with Gasteiger partial charge in [-0.15, -0.1) is 0 Å². The average Bonchev–Trinajstić information content (AvgIpc) is 3.33. The minimum absolute atomic E-state index is 0.0634. The van der Waals surface area contributed by atoms with Gasteiger partial charge in [0.2, 0.25) is 0 Å². The fourth-order valence-corrected chi connectivity index (χ4v) is 4.67. The Labute approximate surface area is 186 Å². The van der Waals surface area contributed by atoms with Gasteiger partial charge in [-0.3, -0.25) is 21.0 Å². The van der Waals surface area contributed by atoms with Crippen molar-refractivity contribution < 1.29 is 19.2 Å². The maximum Gasteiger partial charge on any atom is 0.338 e. The summed E-state index contributed by atoms with van der Waals surface area (Å²) in [5, 5.41) is 11.6. The average molecular weight is 441 g/mol. The van der Waals surface area contributed by atoms with Crippen molar-refractivity contribution >= 4 is 17.3 Å². The lowest BCUT2D eigenvalue weighted by Crippen LogP contribution is -2.43. The molecule has 2 N–H and O–H groups in total. The molecule has 0 bridgehead atoms. The predicted octanol–water partition coefficient (Wildman–Crippen LogP) is 3.21. The molecule has 0 amide bonds. The first-order valence-corrected chi connectivity index (χ1v) is 10.8. The van der Waals surface area contributed by atoms with Gasteiger partial charge in [-0.25, -0.2) is 4.79 Å². The summed E-state index contributed by atoms with van der Waals surface area (Å²) in [5.74, 6) is 0.748. The Hall–Kier alpha value is -3.17. The molecule has 9 nitrogen and oxygen atoms in total. The summed E-state index contributed by atoms with van der Waals surface area (Å²) in [4.78, 5) is 25.0. The van der Waals surface area contributed by atoms with Gasteiger partial charge in [-0.2, -0.15) is 0 Å². The summed E-state index contributed by atoms with van der Waals surface area (Å²) in [6.45, 7) is 1.46. The van der Waals surface area contributed by atoms with E-state index in [2.05, 4.69) is 27.7 Å². The number of piperidine rings is 1. The quantitative estimate of drug-likeness (QED) is 0.401. The van der Waals surface area contributed by atoms with Crippen molar-refractivity contribution in [1.29, 1.82) is 0 Å². The molecule has 2 aromatic carbocycles. The number of hydrazine groups is 1. The summed E-state index contributed by atoms with van der Waals surface area (Å²) in [6.07, 6.45) is 2.86. The molecule has 2 atom stereocenters. The van der Waals surface area contributed by atoms with Gasteiger partial charge in [-0.1, -0.05) is 12.1 Å². The molecule has 2 saturated heterocycles. The van der Waals surface area contributed by atoms with Crippen LogP contribution >= 0.6 is 0 Å². The number of nitrogens with zero attached hydrogens (tertiary/aromatic N) is 2. The Kier molecular flexibility index (Phi) is 6.57. The summed E-state index contributed by atoms with van der Waals surface area (Å²) in [7, 11) is 2.92. The number of rotatable bonds is 6. The van der Waals surface area contributed by atoms with E-state index in [0.29, 0.717) is 17.6 Å². The van der Waals surface area contributed by atoms with Gasteiger partial charge in [0.05, 0.1) is 24.7 Å². The number of nitro benzene ring substituents is 1. The highest BCUT2D eigenvalue weighted by Crippen LogP contribution is 2.35. The molecule has 2 fully saturated rings. The number of hydrogen-bond acceptors (Lipinski definition) is 8. The second-order valence-electron chi connectivity index (χ2n) is 8.23. The number of methoxy groups -OCH3 is 2. The van der Waals surface area contributed by atoms with E-state index in [4.69, 9.17) is 4.74 Å². The molecule has 0 spiro atoms. The lowest BCUT2D eigenvalue weighted by Gasteiger charge is -2.35. The third-order valence-electron chi connectivity index (χ3n) is 6.49. The van der Waals surface area contributed by atoms with Gasteiger partial charge >= 0.3 is 5.97 Å². The van der Waals surface area contributed by atoms with E-state index in [1.165, 1.54) is 18.7 Å². The number of hydrogen-bond donors (Lipinski definition) is 2. The summed E-state index contributed by atoms with van der Waals surface area (Å²) in [6, 6.07) is 13.2. The zero-order valence-electron chi connectivity index (χ0n) is 18.2. The lowest BCUT2D eigenvalue weighted by atomic mass is 9.86. The van der Waals surface area contributed by atoms with Crippen LogP contribution in [0.3, 0.4) is 0 Å². The molecule has 2 unspecified atom stereocenters. The van der Waals surface area contributed by atoms with Crippen molar-refractivity contribution in [3.63, 3.8) is 0 Å². The van der Waals surface area contributed by atoms with Crippen molar-refractivity contribution in [2.45, 2.75) is 31.3 Å². The van der Waals surface area contributed by atoms with Crippen molar-refractivity contribution in [2.24, 2.45) is 5.92 Å². The molecule has 170 valence electrons. The fraction of sp³-hybridized carbons (Fsp3) is 0.435. The maximum absolute atomic E-state index is 11.7. The second-order valence-corrected chi connectivity index (χ2v) is 8.23. The van der Waals surface area contributed by atoms with Crippen LogP contribution in [0, 0.1) is 16.0 Å². The van der Waals surface area contributed by atoms with E-state index in [1.807, 2.05) is 17.0 Å². The monoisotopic (exact) mass is 440 g/mol. The molecule has 0 aliphatic carbocycles. The Balaban J connectivity index is 1.38. The molecule has 2 aromatic rings. The smallest absolute Gasteiger partial charge is 0.338 e. The van der Waals surface area contributed by atoms with Crippen LogP contribution in [0.2, 0.25) is 0 Å². The number of benzene rings is 2. The number of esters is 1. The second kappa shape index (κ2) is 9.54. The molecule has 9 heteroatoms. The van der Waals surface area contributed by atoms with Crippen LogP contribution in [0.25, 0.3) is 0 Å². The van der Waals surface area contributed by atoms with Crippen molar-refractivity contribution in [1.82, 2.24) is 10.9 Å². The molecule has 4 rings (SSSR count). The molecular formula is C23H28N4O5. The highest BCUT2D eigenvalue weighted by Gasteiger charge is 2.34. The Morgan fingerprint density at radius 3 is 2.44 bits per heavy atom. The van der Waals surface area contributed by atoms with Gasteiger partial charge in [0.25, 0.3) is 5.69 Å². The van der Waals surface area contributed by atoms with Crippen LogP contribution in [-0.2, 0) is 4.74 Å². The van der Waals surface area contributed by atoms with E-state index >= 15 is 0 Å². The van der Waals surface area contributed by atoms with Gasteiger partial charge in [0, 0.05) is 31.2 Å². The number of ether oxygens (including phenoxy) is 2. The van der Waals surface area contributed by atoms with Crippen molar-refractivity contribution in [3.8, 4) is 5.75 Å². The molecule has 2 heterocycles. The van der Waals surface area contributed by atoms with Crippen LogP contribution in [0.5, 0.6) is 5.75 Å². The van der Waals surface area contributed by atoms with Crippen LogP contribution in [0.4, 0.5) is 11.4 Å². The number of anilines is 1. The Morgan fingerprint density at radius 1 is 1.09 bits per heavy atom. The lowest BCUT2D eigenvalue weighted by molar-refractivity contribution is -0.384. The predicted molar refractivity (Wildman–Crippen MR) is 120 cm³/mol. The molecule has 32 heavy (non-hydrogen) atoms. The third-order valence-corrected chi connectivity index (χ3v) is 6.49.